The summed E-state index contributed by atoms with van der Waals surface area (Å²) >= 11 is 4.68. The van der Waals surface area contributed by atoms with Gasteiger partial charge in [-0.1, -0.05) is 12.2 Å². The van der Waals surface area contributed by atoms with Crippen LogP contribution in [0.15, 0.2) is 24.3 Å². The predicted octanol–water partition coefficient (Wildman–Crippen LogP) is 1.50. The molecule has 0 aromatic heterocycles. The van der Waals surface area contributed by atoms with Gasteiger partial charge in [0, 0.05) is 5.69 Å². The van der Waals surface area contributed by atoms with Crippen LogP contribution in [0.3, 0.4) is 0 Å². The third-order valence-corrected chi connectivity index (χ3v) is 4.50. The van der Waals surface area contributed by atoms with Crippen molar-refractivity contribution >= 4 is 32.9 Å². The third-order valence-electron chi connectivity index (χ3n) is 2.29. The highest BCUT2D eigenvalue weighted by Crippen LogP contribution is 2.17. The van der Waals surface area contributed by atoms with E-state index in [1.807, 2.05) is 6.92 Å². The normalized spacial score (nSPS) is 12.8. The van der Waals surface area contributed by atoms with Crippen molar-refractivity contribution in [3.63, 3.8) is 0 Å². The summed E-state index contributed by atoms with van der Waals surface area (Å²) in [5.41, 5.74) is 5.78. The second-order valence-corrected chi connectivity index (χ2v) is 6.12. The van der Waals surface area contributed by atoms with Gasteiger partial charge in [-0.25, -0.2) is 8.42 Å². The summed E-state index contributed by atoms with van der Waals surface area (Å²) in [5, 5.41) is -0.918. The Hall–Kier alpha value is -1.34. The highest BCUT2D eigenvalue weighted by atomic mass is 32.2. The van der Waals surface area contributed by atoms with Crippen LogP contribution in [0.4, 0.5) is 5.69 Å². The van der Waals surface area contributed by atoms with Gasteiger partial charge >= 0.3 is 0 Å². The lowest BCUT2D eigenvalue weighted by molar-refractivity contribution is 0.340. The number of hydrogen-bond acceptors (Lipinski definition) is 4. The molecule has 1 unspecified atom stereocenters. The fraction of sp³-hybridized carbons (Fsp3) is 0.364. The molecule has 5 nitrogen and oxygen atoms in total. The van der Waals surface area contributed by atoms with Crippen molar-refractivity contribution in [1.82, 2.24) is 0 Å². The summed E-state index contributed by atoms with van der Waals surface area (Å²) in [6.07, 6.45) is 0. The van der Waals surface area contributed by atoms with E-state index in [1.165, 1.54) is 6.92 Å². The van der Waals surface area contributed by atoms with Gasteiger partial charge in [-0.3, -0.25) is 4.72 Å². The van der Waals surface area contributed by atoms with Crippen LogP contribution in [-0.4, -0.2) is 25.3 Å². The largest absolute Gasteiger partial charge is 0.494 e. The molecule has 0 aliphatic heterocycles. The van der Waals surface area contributed by atoms with Crippen molar-refractivity contribution in [3.8, 4) is 5.75 Å². The standard InChI is InChI=1S/C11H16N2O3S2/c1-3-16-10-6-4-9(5-7-10)13-18(14,15)8(2)11(12)17/h4-8,13H,3H2,1-2H3,(H2,12,17). The zero-order chi connectivity index (χ0) is 13.8. The SMILES string of the molecule is CCOc1ccc(NS(=O)(=O)C(C)C(N)=S)cc1. The molecule has 0 spiro atoms. The Balaban J connectivity index is 2.81. The van der Waals surface area contributed by atoms with Crippen LogP contribution in [0, 0.1) is 0 Å². The molecule has 0 saturated carbocycles. The van der Waals surface area contributed by atoms with Gasteiger partial charge in [-0.2, -0.15) is 0 Å². The van der Waals surface area contributed by atoms with Gasteiger partial charge in [0.15, 0.2) is 0 Å². The average molecular weight is 288 g/mol. The van der Waals surface area contributed by atoms with Crippen molar-refractivity contribution < 1.29 is 13.2 Å². The molecule has 0 amide bonds. The van der Waals surface area contributed by atoms with Crippen LogP contribution in [0.1, 0.15) is 13.8 Å². The Morgan fingerprint density at radius 3 is 2.44 bits per heavy atom. The van der Waals surface area contributed by atoms with Crippen molar-refractivity contribution in [2.45, 2.75) is 19.1 Å². The first-order valence-electron chi connectivity index (χ1n) is 5.40. The zero-order valence-electron chi connectivity index (χ0n) is 10.2. The molecule has 1 rings (SSSR count). The van der Waals surface area contributed by atoms with Gasteiger partial charge in [-0.15, -0.1) is 0 Å². The molecule has 1 aromatic carbocycles. The second kappa shape index (κ2) is 6.01. The van der Waals surface area contributed by atoms with Crippen LogP contribution < -0.4 is 15.2 Å². The number of sulfonamides is 1. The molecule has 0 bridgehead atoms. The smallest absolute Gasteiger partial charge is 0.241 e. The maximum Gasteiger partial charge on any atom is 0.241 e. The Morgan fingerprint density at radius 2 is 2.00 bits per heavy atom. The molecule has 0 saturated heterocycles. The van der Waals surface area contributed by atoms with E-state index in [0.29, 0.717) is 18.0 Å². The Kier molecular flexibility index (Phi) is 4.92. The molecule has 3 N–H and O–H groups in total. The molecule has 0 aliphatic carbocycles. The number of thiocarbonyl (C=S) groups is 1. The summed E-state index contributed by atoms with van der Waals surface area (Å²) in [7, 11) is -3.59. The van der Waals surface area contributed by atoms with Gasteiger partial charge < -0.3 is 10.5 Å². The minimum absolute atomic E-state index is 0.0616. The summed E-state index contributed by atoms with van der Waals surface area (Å²) in [6, 6.07) is 6.61. The first-order chi connectivity index (χ1) is 8.36. The molecular weight excluding hydrogens is 272 g/mol. The van der Waals surface area contributed by atoms with E-state index in [9.17, 15) is 8.42 Å². The quantitative estimate of drug-likeness (QED) is 0.775. The van der Waals surface area contributed by atoms with Crippen LogP contribution in [0.5, 0.6) is 5.75 Å². The van der Waals surface area contributed by atoms with Crippen molar-refractivity contribution in [2.75, 3.05) is 11.3 Å². The van der Waals surface area contributed by atoms with Gasteiger partial charge in [0.05, 0.1) is 11.6 Å². The number of anilines is 1. The van der Waals surface area contributed by atoms with Crippen LogP contribution in [0.2, 0.25) is 0 Å². The lowest BCUT2D eigenvalue weighted by atomic mass is 10.3. The average Bonchev–Trinajstić information content (AvgIpc) is 2.30. The fourth-order valence-corrected chi connectivity index (χ4v) is 2.52. The highest BCUT2D eigenvalue weighted by Gasteiger charge is 2.23. The maximum atomic E-state index is 11.8. The number of nitrogens with two attached hydrogens (primary N) is 1. The van der Waals surface area contributed by atoms with E-state index < -0.39 is 15.3 Å². The van der Waals surface area contributed by atoms with E-state index in [0.717, 1.165) is 0 Å². The third kappa shape index (κ3) is 3.85. The van der Waals surface area contributed by atoms with Crippen molar-refractivity contribution in [1.29, 1.82) is 0 Å². The minimum atomic E-state index is -3.59. The molecule has 1 aromatic rings. The Bertz CT molecular complexity index is 512. The topological polar surface area (TPSA) is 81.4 Å². The molecule has 0 radical (unpaired) electrons. The van der Waals surface area contributed by atoms with Gasteiger partial charge in [0.1, 0.15) is 11.0 Å². The summed E-state index contributed by atoms with van der Waals surface area (Å²) < 4.78 is 31.4. The first-order valence-corrected chi connectivity index (χ1v) is 7.36. The highest BCUT2D eigenvalue weighted by molar-refractivity contribution is 7.95. The summed E-state index contributed by atoms with van der Waals surface area (Å²) in [5.74, 6) is 0.683. The summed E-state index contributed by atoms with van der Waals surface area (Å²) in [4.78, 5) is -0.0616. The van der Waals surface area contributed by atoms with Gasteiger partial charge in [0.25, 0.3) is 0 Å². The van der Waals surface area contributed by atoms with Crippen LogP contribution in [0.25, 0.3) is 0 Å². The number of nitrogens with one attached hydrogen (secondary N) is 1. The monoisotopic (exact) mass is 288 g/mol. The fourth-order valence-electron chi connectivity index (χ4n) is 1.19. The molecule has 18 heavy (non-hydrogen) atoms. The van der Waals surface area contributed by atoms with Crippen molar-refractivity contribution in [3.05, 3.63) is 24.3 Å². The lowest BCUT2D eigenvalue weighted by Gasteiger charge is -2.13. The number of benzene rings is 1. The van der Waals surface area contributed by atoms with Gasteiger partial charge in [0.2, 0.25) is 10.0 Å². The van der Waals surface area contributed by atoms with Crippen LogP contribution >= 0.6 is 12.2 Å². The Morgan fingerprint density at radius 1 is 1.44 bits per heavy atom. The predicted molar refractivity (Wildman–Crippen MR) is 76.4 cm³/mol. The Labute approximate surface area is 112 Å². The number of ether oxygens (including phenoxy) is 1. The van der Waals surface area contributed by atoms with E-state index >= 15 is 0 Å². The van der Waals surface area contributed by atoms with Crippen LogP contribution in [-0.2, 0) is 10.0 Å². The van der Waals surface area contributed by atoms with E-state index in [2.05, 4.69) is 16.9 Å². The molecule has 0 heterocycles. The molecule has 1 atom stereocenters. The second-order valence-electron chi connectivity index (χ2n) is 3.65. The molecule has 0 aliphatic rings. The first kappa shape index (κ1) is 14.7. The number of hydrogen-bond donors (Lipinski definition) is 2. The lowest BCUT2D eigenvalue weighted by Crippen LogP contribution is -2.35. The van der Waals surface area contributed by atoms with E-state index in [1.54, 1.807) is 24.3 Å². The van der Waals surface area contributed by atoms with E-state index in [-0.39, 0.29) is 4.99 Å². The molecule has 100 valence electrons. The molecule has 0 fully saturated rings. The maximum absolute atomic E-state index is 11.8. The number of rotatable bonds is 6. The zero-order valence-corrected chi connectivity index (χ0v) is 11.8. The van der Waals surface area contributed by atoms with E-state index in [4.69, 9.17) is 10.5 Å². The molecule has 7 heteroatoms. The summed E-state index contributed by atoms with van der Waals surface area (Å²) in [6.45, 7) is 3.88. The molecular formula is C11H16N2O3S2. The van der Waals surface area contributed by atoms with Gasteiger partial charge in [-0.05, 0) is 38.1 Å². The minimum Gasteiger partial charge on any atom is -0.494 e. The van der Waals surface area contributed by atoms with Crippen molar-refractivity contribution in [2.24, 2.45) is 5.73 Å².